The van der Waals surface area contributed by atoms with E-state index in [0.717, 1.165) is 18.4 Å². The molecule has 0 fully saturated rings. The molecule has 108 valence electrons. The van der Waals surface area contributed by atoms with E-state index in [1.807, 2.05) is 19.2 Å². The van der Waals surface area contributed by atoms with E-state index >= 15 is 0 Å². The van der Waals surface area contributed by atoms with E-state index in [-0.39, 0.29) is 11.9 Å². The number of rotatable bonds is 6. The maximum atomic E-state index is 11.6. The number of carbonyl (C=O) groups is 1. The van der Waals surface area contributed by atoms with Crippen molar-refractivity contribution in [2.24, 2.45) is 5.73 Å². The molecule has 1 unspecified atom stereocenters. The molecule has 4 N–H and O–H groups in total. The molecule has 1 atom stereocenters. The molecule has 0 spiro atoms. The average molecular weight is 273 g/mol. The van der Waals surface area contributed by atoms with E-state index in [9.17, 15) is 4.79 Å². The van der Waals surface area contributed by atoms with Crippen molar-refractivity contribution in [2.75, 3.05) is 6.54 Å². The van der Waals surface area contributed by atoms with E-state index in [4.69, 9.17) is 5.73 Å². The standard InChI is InChI=1S/C16H23N3O/c1-11-4-3-5-14-16(11)13(10-19-14)8-9-18-15(20)7-6-12(2)17/h3-5,10,12,19H,6-9,17H2,1-2H3,(H,18,20). The molecule has 20 heavy (non-hydrogen) atoms. The summed E-state index contributed by atoms with van der Waals surface area (Å²) in [5.74, 6) is 0.0823. The van der Waals surface area contributed by atoms with Crippen molar-refractivity contribution in [2.45, 2.75) is 39.2 Å². The minimum Gasteiger partial charge on any atom is -0.361 e. The Morgan fingerprint density at radius 2 is 2.25 bits per heavy atom. The summed E-state index contributed by atoms with van der Waals surface area (Å²) >= 11 is 0. The van der Waals surface area contributed by atoms with Gasteiger partial charge >= 0.3 is 0 Å². The summed E-state index contributed by atoms with van der Waals surface area (Å²) < 4.78 is 0. The Kier molecular flexibility index (Phi) is 4.79. The molecule has 1 amide bonds. The molecule has 0 bridgehead atoms. The van der Waals surface area contributed by atoms with Gasteiger partial charge in [0.15, 0.2) is 0 Å². The third kappa shape index (κ3) is 3.61. The molecule has 0 saturated carbocycles. The lowest BCUT2D eigenvalue weighted by Crippen LogP contribution is -2.27. The van der Waals surface area contributed by atoms with Crippen LogP contribution in [-0.4, -0.2) is 23.5 Å². The minimum absolute atomic E-state index is 0.0806. The van der Waals surface area contributed by atoms with Crippen LogP contribution in [0.3, 0.4) is 0 Å². The predicted octanol–water partition coefficient (Wildman–Crippen LogP) is 2.26. The molecule has 1 aromatic heterocycles. The van der Waals surface area contributed by atoms with Crippen LogP contribution in [0.25, 0.3) is 10.9 Å². The molecule has 0 radical (unpaired) electrons. The van der Waals surface area contributed by atoms with Gasteiger partial charge in [0.25, 0.3) is 0 Å². The highest BCUT2D eigenvalue weighted by Crippen LogP contribution is 2.22. The van der Waals surface area contributed by atoms with Gasteiger partial charge in [-0.25, -0.2) is 0 Å². The zero-order chi connectivity index (χ0) is 14.5. The number of amides is 1. The molecule has 1 aromatic carbocycles. The van der Waals surface area contributed by atoms with Crippen molar-refractivity contribution in [3.05, 3.63) is 35.5 Å². The number of hydrogen-bond donors (Lipinski definition) is 3. The van der Waals surface area contributed by atoms with Gasteiger partial charge in [0, 0.05) is 36.1 Å². The van der Waals surface area contributed by atoms with Crippen LogP contribution < -0.4 is 11.1 Å². The summed E-state index contributed by atoms with van der Waals surface area (Å²) in [6.45, 7) is 4.70. The second-order valence-electron chi connectivity index (χ2n) is 5.43. The predicted molar refractivity (Wildman–Crippen MR) is 82.6 cm³/mol. The highest BCUT2D eigenvalue weighted by Gasteiger charge is 2.07. The van der Waals surface area contributed by atoms with Crippen LogP contribution in [0.1, 0.15) is 30.9 Å². The van der Waals surface area contributed by atoms with E-state index in [0.29, 0.717) is 13.0 Å². The summed E-state index contributed by atoms with van der Waals surface area (Å²) in [6.07, 6.45) is 4.11. The van der Waals surface area contributed by atoms with Crippen molar-refractivity contribution in [1.29, 1.82) is 0 Å². The van der Waals surface area contributed by atoms with Gasteiger partial charge in [0.05, 0.1) is 0 Å². The lowest BCUT2D eigenvalue weighted by atomic mass is 10.1. The monoisotopic (exact) mass is 273 g/mol. The molecule has 4 heteroatoms. The average Bonchev–Trinajstić information content (AvgIpc) is 2.81. The molecular formula is C16H23N3O. The van der Waals surface area contributed by atoms with Gasteiger partial charge in [-0.05, 0) is 43.9 Å². The molecule has 0 aliphatic heterocycles. The van der Waals surface area contributed by atoms with Gasteiger partial charge < -0.3 is 16.0 Å². The van der Waals surface area contributed by atoms with Crippen LogP contribution in [0.5, 0.6) is 0 Å². The van der Waals surface area contributed by atoms with Crippen molar-refractivity contribution in [3.63, 3.8) is 0 Å². The molecule has 4 nitrogen and oxygen atoms in total. The fourth-order valence-electron chi connectivity index (χ4n) is 2.43. The number of nitrogens with one attached hydrogen (secondary N) is 2. The minimum atomic E-state index is 0.0806. The Labute approximate surface area is 119 Å². The van der Waals surface area contributed by atoms with E-state index in [1.165, 1.54) is 16.5 Å². The maximum absolute atomic E-state index is 11.6. The molecule has 2 aromatic rings. The number of nitrogens with two attached hydrogens (primary N) is 1. The fraction of sp³-hybridized carbons (Fsp3) is 0.438. The van der Waals surface area contributed by atoms with Crippen molar-refractivity contribution in [1.82, 2.24) is 10.3 Å². The Balaban J connectivity index is 1.89. The summed E-state index contributed by atoms with van der Waals surface area (Å²) in [5.41, 5.74) is 9.32. The van der Waals surface area contributed by atoms with Crippen molar-refractivity contribution in [3.8, 4) is 0 Å². The van der Waals surface area contributed by atoms with E-state index in [1.54, 1.807) is 0 Å². The number of aromatic nitrogens is 1. The summed E-state index contributed by atoms with van der Waals surface area (Å²) in [5, 5.41) is 4.23. The summed E-state index contributed by atoms with van der Waals surface area (Å²) in [4.78, 5) is 14.9. The third-order valence-electron chi connectivity index (χ3n) is 3.54. The molecule has 1 heterocycles. The first-order chi connectivity index (χ1) is 9.58. The number of hydrogen-bond acceptors (Lipinski definition) is 2. The number of fused-ring (bicyclic) bond motifs is 1. The smallest absolute Gasteiger partial charge is 0.220 e. The second-order valence-corrected chi connectivity index (χ2v) is 5.43. The lowest BCUT2D eigenvalue weighted by Gasteiger charge is -2.07. The quantitative estimate of drug-likeness (QED) is 0.755. The Hall–Kier alpha value is -1.81. The zero-order valence-corrected chi connectivity index (χ0v) is 12.2. The van der Waals surface area contributed by atoms with Gasteiger partial charge in [-0.2, -0.15) is 0 Å². The molecule has 0 saturated heterocycles. The Morgan fingerprint density at radius 1 is 1.45 bits per heavy atom. The first-order valence-electron chi connectivity index (χ1n) is 7.16. The van der Waals surface area contributed by atoms with Crippen LogP contribution in [0.4, 0.5) is 0 Å². The second kappa shape index (κ2) is 6.57. The van der Waals surface area contributed by atoms with Crippen LogP contribution in [0.2, 0.25) is 0 Å². The van der Waals surface area contributed by atoms with Crippen molar-refractivity contribution >= 4 is 16.8 Å². The molecule has 2 rings (SSSR count). The summed E-state index contributed by atoms with van der Waals surface area (Å²) in [7, 11) is 0. The Morgan fingerprint density at radius 3 is 3.00 bits per heavy atom. The maximum Gasteiger partial charge on any atom is 0.220 e. The van der Waals surface area contributed by atoms with Crippen LogP contribution in [-0.2, 0) is 11.2 Å². The fourth-order valence-corrected chi connectivity index (χ4v) is 2.43. The van der Waals surface area contributed by atoms with Crippen molar-refractivity contribution < 1.29 is 4.79 Å². The molecular weight excluding hydrogens is 250 g/mol. The molecule has 0 aliphatic rings. The number of carbonyl (C=O) groups excluding carboxylic acids is 1. The SMILES string of the molecule is Cc1cccc2[nH]cc(CCNC(=O)CCC(C)N)c12. The van der Waals surface area contributed by atoms with E-state index in [2.05, 4.69) is 29.4 Å². The zero-order valence-electron chi connectivity index (χ0n) is 12.2. The van der Waals surface area contributed by atoms with Gasteiger partial charge in [0.1, 0.15) is 0 Å². The van der Waals surface area contributed by atoms with Crippen LogP contribution in [0, 0.1) is 6.92 Å². The van der Waals surface area contributed by atoms with Crippen LogP contribution >= 0.6 is 0 Å². The number of benzene rings is 1. The Bertz CT molecular complexity index is 586. The first-order valence-corrected chi connectivity index (χ1v) is 7.16. The highest BCUT2D eigenvalue weighted by molar-refractivity contribution is 5.86. The first kappa shape index (κ1) is 14.6. The molecule has 0 aliphatic carbocycles. The highest BCUT2D eigenvalue weighted by atomic mass is 16.1. The number of H-pyrrole nitrogens is 1. The number of aromatic amines is 1. The van der Waals surface area contributed by atoms with Gasteiger partial charge in [-0.15, -0.1) is 0 Å². The van der Waals surface area contributed by atoms with Gasteiger partial charge in [-0.1, -0.05) is 12.1 Å². The van der Waals surface area contributed by atoms with Gasteiger partial charge in [-0.3, -0.25) is 4.79 Å². The normalized spacial score (nSPS) is 12.6. The topological polar surface area (TPSA) is 70.9 Å². The third-order valence-corrected chi connectivity index (χ3v) is 3.54. The van der Waals surface area contributed by atoms with E-state index < -0.39 is 0 Å². The summed E-state index contributed by atoms with van der Waals surface area (Å²) in [6, 6.07) is 6.32. The largest absolute Gasteiger partial charge is 0.361 e. The lowest BCUT2D eigenvalue weighted by molar-refractivity contribution is -0.121. The van der Waals surface area contributed by atoms with Crippen LogP contribution in [0.15, 0.2) is 24.4 Å². The number of aryl methyl sites for hydroxylation is 1. The van der Waals surface area contributed by atoms with Gasteiger partial charge in [0.2, 0.25) is 5.91 Å².